The minimum atomic E-state index is -0.487. The Hall–Kier alpha value is -4.34. The van der Waals surface area contributed by atoms with E-state index in [0.29, 0.717) is 34.9 Å². The molecule has 36 heavy (non-hydrogen) atoms. The van der Waals surface area contributed by atoms with E-state index in [0.717, 1.165) is 30.3 Å². The predicted octanol–water partition coefficient (Wildman–Crippen LogP) is 1.43. The van der Waals surface area contributed by atoms with Gasteiger partial charge >= 0.3 is 5.69 Å². The lowest BCUT2D eigenvalue weighted by molar-refractivity contribution is 0.496. The Balaban J connectivity index is 1.71. The Bertz CT molecular complexity index is 1710. The molecule has 1 aliphatic rings. The number of benzene rings is 1. The number of aromatic nitrogens is 5. The zero-order valence-electron chi connectivity index (χ0n) is 20.4. The number of aryl methyl sites for hydroxylation is 1. The molecule has 1 fully saturated rings. The fraction of sp³-hybridized carbons (Fsp3) is 0.333. The average Bonchev–Trinajstić information content (AvgIpc) is 3.28. The van der Waals surface area contributed by atoms with Gasteiger partial charge in [-0.3, -0.25) is 18.5 Å². The molecule has 9 heteroatoms. The number of hydrogen-bond donors (Lipinski definition) is 1. The van der Waals surface area contributed by atoms with Gasteiger partial charge in [-0.15, -0.1) is 12.3 Å². The van der Waals surface area contributed by atoms with Crippen LogP contribution in [0, 0.1) is 24.2 Å². The minimum absolute atomic E-state index is 0.0194. The van der Waals surface area contributed by atoms with Crippen molar-refractivity contribution >= 4 is 28.0 Å². The second-order valence-electron chi connectivity index (χ2n) is 9.00. The molecule has 0 spiro atoms. The number of piperidine rings is 1. The Morgan fingerprint density at radius 3 is 2.75 bits per heavy atom. The average molecular weight is 482 g/mol. The van der Waals surface area contributed by atoms with E-state index in [1.54, 1.807) is 18.5 Å². The number of terminal acetylenes is 1. The molecule has 1 aliphatic heterocycles. The van der Waals surface area contributed by atoms with Crippen LogP contribution in [0.25, 0.3) is 22.1 Å². The largest absolute Gasteiger partial charge is 0.341 e. The van der Waals surface area contributed by atoms with Crippen LogP contribution in [0.4, 0.5) is 5.95 Å². The molecule has 4 heterocycles. The Morgan fingerprint density at radius 2 is 2.00 bits per heavy atom. The zero-order chi connectivity index (χ0) is 25.4. The van der Waals surface area contributed by atoms with Gasteiger partial charge in [0.05, 0.1) is 24.3 Å². The van der Waals surface area contributed by atoms with Gasteiger partial charge in [0.1, 0.15) is 0 Å². The van der Waals surface area contributed by atoms with Crippen molar-refractivity contribution in [3.63, 3.8) is 0 Å². The quantitative estimate of drug-likeness (QED) is 0.442. The van der Waals surface area contributed by atoms with Gasteiger partial charge in [-0.1, -0.05) is 30.0 Å². The van der Waals surface area contributed by atoms with Gasteiger partial charge in [0, 0.05) is 37.1 Å². The summed E-state index contributed by atoms with van der Waals surface area (Å²) in [5.41, 5.74) is 7.67. The van der Waals surface area contributed by atoms with E-state index in [9.17, 15) is 9.59 Å². The highest BCUT2D eigenvalue weighted by Crippen LogP contribution is 2.23. The van der Waals surface area contributed by atoms with Crippen molar-refractivity contribution in [2.45, 2.75) is 38.9 Å². The van der Waals surface area contributed by atoms with Crippen molar-refractivity contribution in [1.82, 2.24) is 23.7 Å². The van der Waals surface area contributed by atoms with Gasteiger partial charge in [0.2, 0.25) is 5.95 Å². The number of nitrogens with zero attached hydrogens (tertiary/aromatic N) is 6. The van der Waals surface area contributed by atoms with Crippen LogP contribution in [-0.4, -0.2) is 42.8 Å². The number of fused-ring (bicyclic) bond motifs is 2. The van der Waals surface area contributed by atoms with E-state index in [4.69, 9.17) is 17.1 Å². The normalized spacial score (nSPS) is 15.6. The fourth-order valence-electron chi connectivity index (χ4n) is 4.79. The number of hydrogen-bond acceptors (Lipinski definition) is 6. The summed E-state index contributed by atoms with van der Waals surface area (Å²) >= 11 is 0. The number of rotatable bonds is 4. The SMILES string of the molecule is C#Cc1cc2ccccc2nc1Cn1c(=O)c2c(nc(N3CCC[C@@H](N)C3)n2CC#CC)n(C)c1=O. The van der Waals surface area contributed by atoms with Gasteiger partial charge in [-0.2, -0.15) is 4.98 Å². The van der Waals surface area contributed by atoms with Gasteiger partial charge < -0.3 is 10.6 Å². The summed E-state index contributed by atoms with van der Waals surface area (Å²) in [5.74, 6) is 9.18. The number of pyridine rings is 1. The maximum absolute atomic E-state index is 13.8. The van der Waals surface area contributed by atoms with E-state index in [2.05, 4.69) is 27.6 Å². The summed E-state index contributed by atoms with van der Waals surface area (Å²) in [5, 5.41) is 0.894. The summed E-state index contributed by atoms with van der Waals surface area (Å²) < 4.78 is 4.36. The van der Waals surface area contributed by atoms with E-state index < -0.39 is 11.2 Å². The van der Waals surface area contributed by atoms with Crippen molar-refractivity contribution in [2.24, 2.45) is 12.8 Å². The highest BCUT2D eigenvalue weighted by molar-refractivity contribution is 5.80. The molecular formula is C27H27N7O2. The molecular weight excluding hydrogens is 454 g/mol. The topological polar surface area (TPSA) is 104 Å². The van der Waals surface area contributed by atoms with Crippen LogP contribution in [-0.2, 0) is 20.1 Å². The summed E-state index contributed by atoms with van der Waals surface area (Å²) in [6.07, 6.45) is 7.63. The van der Waals surface area contributed by atoms with E-state index in [-0.39, 0.29) is 19.1 Å². The van der Waals surface area contributed by atoms with Crippen LogP contribution >= 0.6 is 0 Å². The third kappa shape index (κ3) is 3.94. The van der Waals surface area contributed by atoms with Crippen molar-refractivity contribution in [2.75, 3.05) is 18.0 Å². The van der Waals surface area contributed by atoms with Gasteiger partial charge in [0.25, 0.3) is 5.56 Å². The van der Waals surface area contributed by atoms with Crippen molar-refractivity contribution in [3.05, 3.63) is 62.4 Å². The third-order valence-electron chi connectivity index (χ3n) is 6.63. The first-order valence-electron chi connectivity index (χ1n) is 11.9. The van der Waals surface area contributed by atoms with Gasteiger partial charge in [-0.25, -0.2) is 9.78 Å². The molecule has 0 aliphatic carbocycles. The molecule has 9 nitrogen and oxygen atoms in total. The summed E-state index contributed by atoms with van der Waals surface area (Å²) in [7, 11) is 1.62. The molecule has 4 aromatic rings. The van der Waals surface area contributed by atoms with Crippen LogP contribution in [0.5, 0.6) is 0 Å². The second kappa shape index (κ2) is 9.37. The zero-order valence-corrected chi connectivity index (χ0v) is 20.4. The van der Waals surface area contributed by atoms with Crippen LogP contribution in [0.1, 0.15) is 31.0 Å². The maximum atomic E-state index is 13.8. The standard InChI is InChI=1S/C27H27N7O2/c1-4-6-14-33-23-24(30-26(33)32-13-9-11-20(28)16-32)31(3)27(36)34(25(23)35)17-22-18(5-2)15-19-10-7-8-12-21(19)29-22/h2,7-8,10,12,15,20H,9,11,13-14,16-17,28H2,1,3H3/t20-/m1/s1. The molecule has 0 amide bonds. The van der Waals surface area contributed by atoms with Crippen LogP contribution in [0.2, 0.25) is 0 Å². The lowest BCUT2D eigenvalue weighted by atomic mass is 10.1. The minimum Gasteiger partial charge on any atom is -0.341 e. The first kappa shape index (κ1) is 23.4. The molecule has 1 atom stereocenters. The van der Waals surface area contributed by atoms with Crippen molar-refractivity contribution in [1.29, 1.82) is 0 Å². The van der Waals surface area contributed by atoms with E-state index in [1.807, 2.05) is 30.3 Å². The number of para-hydroxylation sites is 1. The Kier molecular flexibility index (Phi) is 6.09. The van der Waals surface area contributed by atoms with Gasteiger partial charge in [-0.05, 0) is 31.9 Å². The van der Waals surface area contributed by atoms with Crippen LogP contribution < -0.4 is 21.9 Å². The van der Waals surface area contributed by atoms with Crippen LogP contribution in [0.15, 0.2) is 39.9 Å². The van der Waals surface area contributed by atoms with Crippen molar-refractivity contribution < 1.29 is 0 Å². The molecule has 5 rings (SSSR count). The molecule has 1 aromatic carbocycles. The molecule has 182 valence electrons. The molecule has 0 saturated carbocycles. The second-order valence-corrected chi connectivity index (χ2v) is 9.00. The Morgan fingerprint density at radius 1 is 1.19 bits per heavy atom. The first-order valence-corrected chi connectivity index (χ1v) is 11.9. The van der Waals surface area contributed by atoms with Crippen LogP contribution in [0.3, 0.4) is 0 Å². The monoisotopic (exact) mass is 481 g/mol. The predicted molar refractivity (Wildman–Crippen MR) is 141 cm³/mol. The summed E-state index contributed by atoms with van der Waals surface area (Å²) in [6.45, 7) is 3.35. The number of nitrogens with two attached hydrogens (primary N) is 1. The molecule has 0 radical (unpaired) electrons. The molecule has 3 aromatic heterocycles. The van der Waals surface area contributed by atoms with Gasteiger partial charge in [0.15, 0.2) is 11.2 Å². The van der Waals surface area contributed by atoms with E-state index in [1.165, 1.54) is 9.13 Å². The fourth-order valence-corrected chi connectivity index (χ4v) is 4.79. The first-order chi connectivity index (χ1) is 17.4. The lowest BCUT2D eigenvalue weighted by Crippen LogP contribution is -2.44. The summed E-state index contributed by atoms with van der Waals surface area (Å²) in [6, 6.07) is 9.46. The summed E-state index contributed by atoms with van der Waals surface area (Å²) in [4.78, 5) is 38.7. The Labute approximate surface area is 208 Å². The third-order valence-corrected chi connectivity index (χ3v) is 6.63. The molecule has 0 unspecified atom stereocenters. The van der Waals surface area contributed by atoms with E-state index >= 15 is 0 Å². The smallest absolute Gasteiger partial charge is 0.332 e. The molecule has 2 N–H and O–H groups in total. The maximum Gasteiger partial charge on any atom is 0.332 e. The highest BCUT2D eigenvalue weighted by Gasteiger charge is 2.26. The van der Waals surface area contributed by atoms with Crippen molar-refractivity contribution in [3.8, 4) is 24.2 Å². The number of imidazole rings is 1. The number of anilines is 1. The highest BCUT2D eigenvalue weighted by atomic mass is 16.2. The molecule has 1 saturated heterocycles. The molecule has 0 bridgehead atoms. The lowest BCUT2D eigenvalue weighted by Gasteiger charge is -2.31.